The predicted octanol–water partition coefficient (Wildman–Crippen LogP) is 6.17. The van der Waals surface area contributed by atoms with Crippen LogP contribution in [-0.4, -0.2) is 62.9 Å². The van der Waals surface area contributed by atoms with E-state index in [4.69, 9.17) is 0 Å². The molecule has 0 amide bonds. The van der Waals surface area contributed by atoms with Crippen LogP contribution in [0.1, 0.15) is 62.6 Å². The van der Waals surface area contributed by atoms with Gasteiger partial charge in [0.2, 0.25) is 0 Å². The van der Waals surface area contributed by atoms with E-state index in [-0.39, 0.29) is 23.6 Å². The summed E-state index contributed by atoms with van der Waals surface area (Å²) in [6.45, 7) is 6.77. The number of aliphatic imine (C=N–C) groups is 1. The van der Waals surface area contributed by atoms with Crippen molar-refractivity contribution in [3.8, 4) is 0 Å². The molecule has 0 aliphatic carbocycles. The summed E-state index contributed by atoms with van der Waals surface area (Å²) in [6.07, 6.45) is 1.82. The summed E-state index contributed by atoms with van der Waals surface area (Å²) in [4.78, 5) is 44.1. The number of carboxylic acid groups (broad SMARTS) is 2. The van der Waals surface area contributed by atoms with Crippen molar-refractivity contribution in [2.45, 2.75) is 63.5 Å². The summed E-state index contributed by atoms with van der Waals surface area (Å²) < 4.78 is 0. The first-order valence-corrected chi connectivity index (χ1v) is 15.1. The molecule has 2 aliphatic heterocycles. The molecule has 0 aromatic heterocycles. The molecule has 5 atom stereocenters. The van der Waals surface area contributed by atoms with Crippen molar-refractivity contribution in [3.63, 3.8) is 0 Å². The van der Waals surface area contributed by atoms with Gasteiger partial charge in [-0.3, -0.25) is 24.7 Å². The van der Waals surface area contributed by atoms with E-state index in [1.807, 2.05) is 19.1 Å². The molecule has 230 valence electrons. The molecule has 0 saturated carbocycles. The van der Waals surface area contributed by atoms with Crippen LogP contribution >= 0.6 is 0 Å². The lowest BCUT2D eigenvalue weighted by atomic mass is 9.57. The van der Waals surface area contributed by atoms with Crippen LogP contribution in [0.15, 0.2) is 89.9 Å². The average molecular weight is 598 g/mol. The van der Waals surface area contributed by atoms with E-state index in [1.165, 1.54) is 29.3 Å². The summed E-state index contributed by atoms with van der Waals surface area (Å²) in [7, 11) is 0. The normalized spacial score (nSPS) is 25.9. The lowest BCUT2D eigenvalue weighted by molar-refractivity contribution is -0.385. The fourth-order valence-corrected chi connectivity index (χ4v) is 7.86. The molecule has 0 radical (unpaired) electrons. The summed E-state index contributed by atoms with van der Waals surface area (Å²) >= 11 is 0. The van der Waals surface area contributed by atoms with Gasteiger partial charge in [0.05, 0.1) is 16.4 Å². The fraction of sp³-hybridized carbons (Fsp3) is 0.400. The highest BCUT2D eigenvalue weighted by atomic mass is 16.6. The van der Waals surface area contributed by atoms with Crippen molar-refractivity contribution in [2.24, 2.45) is 16.3 Å². The van der Waals surface area contributed by atoms with Crippen LogP contribution in [0.5, 0.6) is 0 Å². The molecule has 44 heavy (non-hydrogen) atoms. The van der Waals surface area contributed by atoms with Crippen molar-refractivity contribution in [3.05, 3.63) is 112 Å². The van der Waals surface area contributed by atoms with Gasteiger partial charge in [0.25, 0.3) is 5.69 Å². The van der Waals surface area contributed by atoms with Gasteiger partial charge in [-0.25, -0.2) is 0 Å². The first kappa shape index (κ1) is 31.1. The van der Waals surface area contributed by atoms with Crippen molar-refractivity contribution in [2.75, 3.05) is 13.1 Å². The predicted molar refractivity (Wildman–Crippen MR) is 168 cm³/mol. The second-order valence-electron chi connectivity index (χ2n) is 12.3. The molecule has 3 aromatic carbocycles. The van der Waals surface area contributed by atoms with Crippen molar-refractivity contribution >= 4 is 23.3 Å². The number of non-ortho nitro benzene ring substituents is 1. The Hall–Kier alpha value is -4.37. The second kappa shape index (κ2) is 12.3. The second-order valence-corrected chi connectivity index (χ2v) is 12.3. The lowest BCUT2D eigenvalue weighted by Gasteiger charge is -2.50. The molecule has 9 heteroatoms. The number of benzene rings is 3. The lowest BCUT2D eigenvalue weighted by Crippen LogP contribution is -2.57. The molecule has 9 nitrogen and oxygen atoms in total. The minimum atomic E-state index is -1.61. The van der Waals surface area contributed by atoms with Gasteiger partial charge in [0.1, 0.15) is 5.92 Å². The molecule has 0 spiro atoms. The maximum absolute atomic E-state index is 13.4. The largest absolute Gasteiger partial charge is 0.481 e. The number of nitro benzene ring substituents is 1. The van der Waals surface area contributed by atoms with E-state index in [0.29, 0.717) is 11.3 Å². The Morgan fingerprint density at radius 1 is 0.977 bits per heavy atom. The highest BCUT2D eigenvalue weighted by Crippen LogP contribution is 2.53. The zero-order chi connectivity index (χ0) is 31.6. The fourth-order valence-electron chi connectivity index (χ4n) is 7.86. The van der Waals surface area contributed by atoms with Gasteiger partial charge in [0, 0.05) is 35.2 Å². The molecule has 5 rings (SSSR count). The van der Waals surface area contributed by atoms with Gasteiger partial charge in [-0.15, -0.1) is 0 Å². The number of rotatable bonds is 9. The van der Waals surface area contributed by atoms with Gasteiger partial charge in [-0.05, 0) is 69.8 Å². The molecular weight excluding hydrogens is 558 g/mol. The van der Waals surface area contributed by atoms with E-state index in [9.17, 15) is 29.9 Å². The molecule has 2 heterocycles. The number of carboxylic acids is 2. The quantitative estimate of drug-likeness (QED) is 0.222. The Labute approximate surface area is 257 Å². The number of carbonyl (C=O) groups is 2. The Bertz CT molecular complexity index is 1510. The maximum Gasteiger partial charge on any atom is 0.312 e. The van der Waals surface area contributed by atoms with E-state index in [2.05, 4.69) is 58.4 Å². The molecular formula is C35H39N3O6. The topological polar surface area (TPSA) is 133 Å². The highest BCUT2D eigenvalue weighted by Gasteiger charge is 2.59. The van der Waals surface area contributed by atoms with Crippen molar-refractivity contribution in [1.82, 2.24) is 4.90 Å². The highest BCUT2D eigenvalue weighted by molar-refractivity contribution is 6.03. The van der Waals surface area contributed by atoms with Gasteiger partial charge < -0.3 is 15.1 Å². The third-order valence-electron chi connectivity index (χ3n) is 10.1. The van der Waals surface area contributed by atoms with Crippen LogP contribution in [0, 0.1) is 21.4 Å². The van der Waals surface area contributed by atoms with E-state index in [0.717, 1.165) is 25.9 Å². The smallest absolute Gasteiger partial charge is 0.312 e. The molecule has 1 fully saturated rings. The van der Waals surface area contributed by atoms with Crippen LogP contribution in [0.2, 0.25) is 0 Å². The van der Waals surface area contributed by atoms with Crippen LogP contribution in [-0.2, 0) is 15.0 Å². The minimum absolute atomic E-state index is 0.140. The third kappa shape index (κ3) is 5.41. The molecule has 3 aromatic rings. The van der Waals surface area contributed by atoms with Gasteiger partial charge in [-0.2, -0.15) is 0 Å². The first-order chi connectivity index (χ1) is 21.0. The van der Waals surface area contributed by atoms with Gasteiger partial charge in [-0.1, -0.05) is 72.8 Å². The summed E-state index contributed by atoms with van der Waals surface area (Å²) in [6, 6.07) is 25.7. The molecule has 5 unspecified atom stereocenters. The molecule has 0 bridgehead atoms. The number of hydrogen-bond donors (Lipinski definition) is 2. The minimum Gasteiger partial charge on any atom is -0.481 e. The number of hydrogen-bond acceptors (Lipinski definition) is 6. The van der Waals surface area contributed by atoms with Gasteiger partial charge >= 0.3 is 11.9 Å². The molecule has 2 aliphatic rings. The van der Waals surface area contributed by atoms with E-state index < -0.39 is 40.2 Å². The van der Waals surface area contributed by atoms with Crippen molar-refractivity contribution in [1.29, 1.82) is 0 Å². The Morgan fingerprint density at radius 3 is 2.05 bits per heavy atom. The van der Waals surface area contributed by atoms with Crippen LogP contribution in [0.4, 0.5) is 5.69 Å². The van der Waals surface area contributed by atoms with Gasteiger partial charge in [0.15, 0.2) is 0 Å². The Morgan fingerprint density at radius 2 is 1.55 bits per heavy atom. The van der Waals surface area contributed by atoms with Crippen molar-refractivity contribution < 1.29 is 24.7 Å². The zero-order valence-corrected chi connectivity index (χ0v) is 25.3. The summed E-state index contributed by atoms with van der Waals surface area (Å²) in [5, 5.41) is 33.0. The molecule has 1 saturated heterocycles. The monoisotopic (exact) mass is 597 g/mol. The number of piperidine rings is 1. The van der Waals surface area contributed by atoms with Crippen LogP contribution < -0.4 is 0 Å². The third-order valence-corrected chi connectivity index (χ3v) is 10.1. The first-order valence-electron chi connectivity index (χ1n) is 15.1. The number of likely N-dealkylation sites (tertiary alicyclic amines) is 1. The van der Waals surface area contributed by atoms with E-state index >= 15 is 0 Å². The summed E-state index contributed by atoms with van der Waals surface area (Å²) in [5.41, 5.74) is 1.16. The van der Waals surface area contributed by atoms with Crippen LogP contribution in [0.25, 0.3) is 0 Å². The zero-order valence-electron chi connectivity index (χ0n) is 25.3. The molecule has 2 N–H and O–H groups in total. The SMILES string of the molecule is CC1=NC(C)C(CC(C)N2CCC(c3ccccc3)(c3ccccc3)CC2)(C(=O)O)C(c2cccc([N+](=O)[O-])c2)C1C(=O)O. The standard InChI is InChI=1S/C35H39N3O6/c1-23(37-19-17-34(18-20-37,27-12-6-4-7-13-27)28-14-8-5-9-15-28)22-35(33(41)42)25(3)36-24(2)30(32(39)40)31(35)26-11-10-16-29(21-26)38(43)44/h4-16,21,23,25,30-31H,17-20,22H2,1-3H3,(H,39,40)(H,41,42). The average Bonchev–Trinajstić information content (AvgIpc) is 3.02. The number of nitro groups is 1. The van der Waals surface area contributed by atoms with Crippen LogP contribution in [0.3, 0.4) is 0 Å². The number of aliphatic carboxylic acids is 2. The number of nitrogens with zero attached hydrogens (tertiary/aromatic N) is 3. The Kier molecular flexibility index (Phi) is 8.70. The van der Waals surface area contributed by atoms with E-state index in [1.54, 1.807) is 19.9 Å². The maximum atomic E-state index is 13.4. The Balaban J connectivity index is 1.51. The summed E-state index contributed by atoms with van der Waals surface area (Å²) in [5.74, 6) is -4.62.